The van der Waals surface area contributed by atoms with Crippen LogP contribution in [0.3, 0.4) is 0 Å². The van der Waals surface area contributed by atoms with Crippen molar-refractivity contribution < 1.29 is 49.4 Å². The summed E-state index contributed by atoms with van der Waals surface area (Å²) in [4.78, 5) is 12.7. The van der Waals surface area contributed by atoms with Crippen LogP contribution in [-0.2, 0) is 23.7 Å². The highest BCUT2D eigenvalue weighted by molar-refractivity contribution is 5.75. The van der Waals surface area contributed by atoms with Gasteiger partial charge in [-0.3, -0.25) is 10.0 Å². The lowest BCUT2D eigenvalue weighted by Crippen LogP contribution is -2.66. The molecule has 0 bridgehead atoms. The van der Waals surface area contributed by atoms with Gasteiger partial charge >= 0.3 is 0 Å². The number of hydroxylamine groups is 2. The van der Waals surface area contributed by atoms with Crippen LogP contribution >= 0.6 is 0 Å². The summed E-state index contributed by atoms with van der Waals surface area (Å²) in [5.74, 6) is -1.43. The normalized spacial score (nSPS) is 41.0. The van der Waals surface area contributed by atoms with E-state index in [2.05, 4.69) is 5.32 Å². The van der Waals surface area contributed by atoms with Gasteiger partial charge in [-0.15, -0.1) is 0 Å². The lowest BCUT2D eigenvalue weighted by molar-refractivity contribution is -0.318. The maximum Gasteiger partial charge on any atom is 0.246 e. The van der Waals surface area contributed by atoms with Gasteiger partial charge in [0.1, 0.15) is 30.5 Å². The molecule has 0 aromatic rings. The fraction of sp³-hybridized carbons (Fsp3) is 0.960. The maximum absolute atomic E-state index is 12.7. The molecule has 1 unspecified atom stereocenters. The van der Waals surface area contributed by atoms with Crippen LogP contribution in [0, 0.1) is 5.92 Å². The zero-order chi connectivity index (χ0) is 31.0. The summed E-state index contributed by atoms with van der Waals surface area (Å²) in [6, 6.07) is -2.24. The highest BCUT2D eigenvalue weighted by Crippen LogP contribution is 2.36. The van der Waals surface area contributed by atoms with E-state index in [1.807, 2.05) is 0 Å². The van der Waals surface area contributed by atoms with Crippen LogP contribution in [0.15, 0.2) is 0 Å². The molecule has 16 N–H and O–H groups in total. The molecule has 2 saturated heterocycles. The van der Waals surface area contributed by atoms with Gasteiger partial charge in [0.15, 0.2) is 12.6 Å². The Morgan fingerprint density at radius 1 is 0.952 bits per heavy atom. The number of rotatable bonds is 14. The molecule has 0 aromatic carbocycles. The fourth-order valence-corrected chi connectivity index (χ4v) is 5.77. The van der Waals surface area contributed by atoms with Crippen molar-refractivity contribution in [2.24, 2.45) is 34.6 Å². The molecular formula is C25H51N7O10. The van der Waals surface area contributed by atoms with Gasteiger partial charge in [0.2, 0.25) is 5.91 Å². The van der Waals surface area contributed by atoms with Crippen molar-refractivity contribution in [1.29, 1.82) is 0 Å². The number of hydrogen-bond acceptors (Lipinski definition) is 16. The van der Waals surface area contributed by atoms with E-state index in [1.165, 1.54) is 0 Å². The third-order valence-corrected chi connectivity index (χ3v) is 8.23. The number of hydrogen-bond donors (Lipinski definition) is 11. The van der Waals surface area contributed by atoms with Crippen LogP contribution in [-0.4, -0.2) is 149 Å². The van der Waals surface area contributed by atoms with Crippen molar-refractivity contribution in [1.82, 2.24) is 10.4 Å². The molecule has 17 nitrogen and oxygen atoms in total. The molecule has 2 heterocycles. The maximum atomic E-state index is 12.7. The monoisotopic (exact) mass is 609 g/mol. The van der Waals surface area contributed by atoms with Crippen LogP contribution in [0.5, 0.6) is 0 Å². The zero-order valence-corrected chi connectivity index (χ0v) is 23.9. The van der Waals surface area contributed by atoms with Crippen LogP contribution < -0.4 is 34.0 Å². The molecule has 0 aromatic heterocycles. The first-order valence-corrected chi connectivity index (χ1v) is 14.7. The summed E-state index contributed by atoms with van der Waals surface area (Å²) >= 11 is 0. The molecule has 42 heavy (non-hydrogen) atoms. The van der Waals surface area contributed by atoms with Crippen molar-refractivity contribution in [2.75, 3.05) is 39.3 Å². The minimum atomic E-state index is -1.53. The number of ether oxygens (including phenoxy) is 4. The van der Waals surface area contributed by atoms with E-state index >= 15 is 0 Å². The molecule has 1 amide bonds. The van der Waals surface area contributed by atoms with Crippen molar-refractivity contribution in [3.63, 3.8) is 0 Å². The van der Waals surface area contributed by atoms with Crippen molar-refractivity contribution in [3.8, 4) is 0 Å². The van der Waals surface area contributed by atoms with Crippen LogP contribution in [0.25, 0.3) is 0 Å². The summed E-state index contributed by atoms with van der Waals surface area (Å²) in [5.41, 5.74) is 29.4. The summed E-state index contributed by atoms with van der Waals surface area (Å²) in [5, 5.41) is 56.1. The van der Waals surface area contributed by atoms with Crippen molar-refractivity contribution in [3.05, 3.63) is 0 Å². The number of carbonyl (C=O) groups is 1. The standard InChI is InChI=1S/C25H51N7O10/c26-4-1-6-31-15-3-2-13(10-28)39-24(15)42-23-14(29)8-12(9-17(34)32(38)7-5-27)22(21(23)37)41-25-20(36)18(30)19(35)16(11-33)40-25/h12-16,18-25,31,33,35-38H,1-11,26-30H2/t12-,13-,14-,15+,16+,18-,19+,20+,21+,22-,23?,24+,25+/m0/s1. The largest absolute Gasteiger partial charge is 0.394 e. The molecule has 246 valence electrons. The molecule has 3 fully saturated rings. The molecule has 0 spiro atoms. The number of aliphatic hydroxyl groups is 4. The fourth-order valence-electron chi connectivity index (χ4n) is 5.77. The predicted octanol–water partition coefficient (Wildman–Crippen LogP) is -5.43. The smallest absolute Gasteiger partial charge is 0.246 e. The first-order chi connectivity index (χ1) is 20.1. The third-order valence-electron chi connectivity index (χ3n) is 8.23. The van der Waals surface area contributed by atoms with E-state index < -0.39 is 79.7 Å². The van der Waals surface area contributed by atoms with E-state index in [1.54, 1.807) is 0 Å². The summed E-state index contributed by atoms with van der Waals surface area (Å²) in [6.45, 7) is 0.731. The Hall–Kier alpha value is -1.13. The lowest BCUT2D eigenvalue weighted by atomic mass is 9.77. The molecular weight excluding hydrogens is 558 g/mol. The minimum absolute atomic E-state index is 0.0292. The van der Waals surface area contributed by atoms with E-state index in [0.717, 1.165) is 6.42 Å². The summed E-state index contributed by atoms with van der Waals surface area (Å²) in [7, 11) is 0. The Balaban J connectivity index is 1.83. The molecule has 3 aliphatic rings. The van der Waals surface area contributed by atoms with Gasteiger partial charge in [-0.25, -0.2) is 5.06 Å². The number of amides is 1. The number of carbonyl (C=O) groups excluding carboxylic acids is 1. The molecule has 1 aliphatic carbocycles. The van der Waals surface area contributed by atoms with Crippen molar-refractivity contribution in [2.45, 2.75) is 106 Å². The van der Waals surface area contributed by atoms with E-state index in [-0.39, 0.29) is 44.6 Å². The Kier molecular flexibility index (Phi) is 14.1. The minimum Gasteiger partial charge on any atom is -0.394 e. The molecule has 17 heteroatoms. The zero-order valence-electron chi connectivity index (χ0n) is 23.9. The SMILES string of the molecule is NCCCN[C@@H]1CC[C@@H](CN)O[C@@H]1OC1[C@@H](N)C[C@@H](CC(=O)N(O)CCN)[C@H](O[C@H]2O[C@H](CO)[C@@H](O)[C@H](N)[C@H]2O)[C@H]1O. The Labute approximate surface area is 245 Å². The van der Waals surface area contributed by atoms with Crippen molar-refractivity contribution >= 4 is 5.91 Å². The van der Waals surface area contributed by atoms with Gasteiger partial charge < -0.3 is 73.4 Å². The highest BCUT2D eigenvalue weighted by Gasteiger charge is 2.51. The second kappa shape index (κ2) is 16.8. The predicted molar refractivity (Wildman–Crippen MR) is 147 cm³/mol. The lowest BCUT2D eigenvalue weighted by Gasteiger charge is -2.48. The van der Waals surface area contributed by atoms with E-state index in [9.17, 15) is 30.4 Å². The number of nitrogens with one attached hydrogen (secondary N) is 1. The Bertz CT molecular complexity index is 818. The average molecular weight is 610 g/mol. The quantitative estimate of drug-likeness (QED) is 0.0497. The average Bonchev–Trinajstić information content (AvgIpc) is 2.97. The van der Waals surface area contributed by atoms with E-state index in [0.29, 0.717) is 31.0 Å². The second-order valence-electron chi connectivity index (χ2n) is 11.3. The molecule has 2 aliphatic heterocycles. The van der Waals surface area contributed by atoms with Gasteiger partial charge in [0, 0.05) is 25.6 Å². The first kappa shape index (κ1) is 35.4. The van der Waals surface area contributed by atoms with Crippen LogP contribution in [0.4, 0.5) is 0 Å². The van der Waals surface area contributed by atoms with Crippen LogP contribution in [0.2, 0.25) is 0 Å². The second-order valence-corrected chi connectivity index (χ2v) is 11.3. The third kappa shape index (κ3) is 8.74. The van der Waals surface area contributed by atoms with Gasteiger partial charge in [0.25, 0.3) is 0 Å². The topological polar surface area (TPSA) is 301 Å². The summed E-state index contributed by atoms with van der Waals surface area (Å²) < 4.78 is 24.0. The Morgan fingerprint density at radius 3 is 2.31 bits per heavy atom. The van der Waals surface area contributed by atoms with Gasteiger partial charge in [-0.2, -0.15) is 0 Å². The number of nitrogens with zero attached hydrogens (tertiary/aromatic N) is 1. The molecule has 13 atom stereocenters. The van der Waals surface area contributed by atoms with Gasteiger partial charge in [-0.05, 0) is 44.7 Å². The molecule has 3 rings (SSSR count). The first-order valence-electron chi connectivity index (χ1n) is 14.7. The number of nitrogens with two attached hydrogens (primary N) is 5. The van der Waals surface area contributed by atoms with Crippen LogP contribution in [0.1, 0.15) is 32.1 Å². The van der Waals surface area contributed by atoms with Gasteiger partial charge in [-0.1, -0.05) is 0 Å². The molecule has 0 radical (unpaired) electrons. The number of aliphatic hydroxyl groups excluding tert-OH is 4. The Morgan fingerprint density at radius 2 is 1.67 bits per heavy atom. The van der Waals surface area contributed by atoms with Gasteiger partial charge in [0.05, 0.1) is 37.4 Å². The molecule has 1 saturated carbocycles. The summed E-state index contributed by atoms with van der Waals surface area (Å²) in [6.07, 6.45) is -8.32. The highest BCUT2D eigenvalue weighted by atomic mass is 16.7. The van der Waals surface area contributed by atoms with E-state index in [4.69, 9.17) is 47.6 Å².